The zero-order valence-corrected chi connectivity index (χ0v) is 14.4. The second-order valence-corrected chi connectivity index (χ2v) is 6.73. The predicted octanol–water partition coefficient (Wildman–Crippen LogP) is 2.96. The summed E-state index contributed by atoms with van der Waals surface area (Å²) < 4.78 is 0. The molecule has 0 saturated carbocycles. The van der Waals surface area contributed by atoms with Crippen LogP contribution in [0.2, 0.25) is 10.0 Å². The van der Waals surface area contributed by atoms with Crippen molar-refractivity contribution < 1.29 is 9.69 Å². The van der Waals surface area contributed by atoms with E-state index in [0.29, 0.717) is 15.7 Å². The number of carbonyl (C=O) groups is 1. The fourth-order valence-electron chi connectivity index (χ4n) is 3.01. The van der Waals surface area contributed by atoms with Gasteiger partial charge in [0, 0.05) is 12.0 Å². The lowest BCUT2D eigenvalue weighted by Crippen LogP contribution is -3.16. The number of quaternary nitrogens is 1. The number of fused-ring (bicyclic) bond motifs is 1. The van der Waals surface area contributed by atoms with Crippen LogP contribution in [0.3, 0.4) is 0 Å². The van der Waals surface area contributed by atoms with Gasteiger partial charge in [0.05, 0.1) is 22.3 Å². The van der Waals surface area contributed by atoms with E-state index in [9.17, 15) is 4.79 Å². The summed E-state index contributed by atoms with van der Waals surface area (Å²) in [4.78, 5) is 13.8. The SMILES string of the molecule is C[C@@H](C(=O)Nc1c(Cl)cccc1Cl)[NH+]1CCc2ccccc2C1. The van der Waals surface area contributed by atoms with Crippen LogP contribution in [0.15, 0.2) is 42.5 Å². The van der Waals surface area contributed by atoms with Crippen molar-refractivity contribution in [2.75, 3.05) is 11.9 Å². The third kappa shape index (κ3) is 3.52. The normalized spacial score (nSPS) is 18.1. The molecule has 0 saturated heterocycles. The number of benzene rings is 2. The average Bonchev–Trinajstić information content (AvgIpc) is 2.57. The molecule has 120 valence electrons. The molecule has 0 radical (unpaired) electrons. The van der Waals surface area contributed by atoms with Crippen LogP contribution >= 0.6 is 23.2 Å². The van der Waals surface area contributed by atoms with Crippen molar-refractivity contribution >= 4 is 34.8 Å². The Bertz CT molecular complexity index is 712. The van der Waals surface area contributed by atoms with Gasteiger partial charge in [-0.05, 0) is 24.6 Å². The number of carbonyl (C=O) groups excluding carboxylic acids is 1. The fraction of sp³-hybridized carbons (Fsp3) is 0.278. The minimum Gasteiger partial charge on any atom is -0.321 e. The van der Waals surface area contributed by atoms with E-state index in [4.69, 9.17) is 23.2 Å². The number of para-hydroxylation sites is 1. The predicted molar refractivity (Wildman–Crippen MR) is 94.2 cm³/mol. The molecule has 1 unspecified atom stereocenters. The quantitative estimate of drug-likeness (QED) is 0.877. The van der Waals surface area contributed by atoms with Crippen molar-refractivity contribution in [3.05, 3.63) is 63.6 Å². The Hall–Kier alpha value is -1.55. The third-order valence-electron chi connectivity index (χ3n) is 4.47. The van der Waals surface area contributed by atoms with E-state index >= 15 is 0 Å². The monoisotopic (exact) mass is 349 g/mol. The maximum Gasteiger partial charge on any atom is 0.282 e. The molecule has 2 aromatic rings. The largest absolute Gasteiger partial charge is 0.321 e. The maximum atomic E-state index is 12.6. The minimum absolute atomic E-state index is 0.0608. The smallest absolute Gasteiger partial charge is 0.282 e. The molecule has 1 aliphatic heterocycles. The van der Waals surface area contributed by atoms with Gasteiger partial charge in [-0.2, -0.15) is 0 Å². The second-order valence-electron chi connectivity index (χ2n) is 5.91. The van der Waals surface area contributed by atoms with E-state index in [-0.39, 0.29) is 11.9 Å². The second kappa shape index (κ2) is 6.91. The molecule has 0 aliphatic carbocycles. The Morgan fingerprint density at radius 3 is 2.43 bits per heavy atom. The zero-order valence-electron chi connectivity index (χ0n) is 12.9. The average molecular weight is 350 g/mol. The van der Waals surface area contributed by atoms with Crippen LogP contribution in [0.25, 0.3) is 0 Å². The molecule has 3 nitrogen and oxygen atoms in total. The van der Waals surface area contributed by atoms with Gasteiger partial charge in [-0.1, -0.05) is 53.5 Å². The molecule has 1 aliphatic rings. The topological polar surface area (TPSA) is 33.5 Å². The van der Waals surface area contributed by atoms with Crippen LogP contribution in [0.1, 0.15) is 18.1 Å². The van der Waals surface area contributed by atoms with Crippen LogP contribution in [0.4, 0.5) is 5.69 Å². The number of nitrogens with one attached hydrogen (secondary N) is 2. The van der Waals surface area contributed by atoms with Gasteiger partial charge in [-0.25, -0.2) is 0 Å². The first-order chi connectivity index (χ1) is 11.1. The Balaban J connectivity index is 1.71. The zero-order chi connectivity index (χ0) is 16.4. The summed E-state index contributed by atoms with van der Waals surface area (Å²) in [5.41, 5.74) is 3.20. The highest BCUT2D eigenvalue weighted by Crippen LogP contribution is 2.29. The lowest BCUT2D eigenvalue weighted by molar-refractivity contribution is -0.929. The first-order valence-corrected chi connectivity index (χ1v) is 8.48. The number of halogens is 2. The summed E-state index contributed by atoms with van der Waals surface area (Å²) in [6.07, 6.45) is 0.996. The van der Waals surface area contributed by atoms with Gasteiger partial charge >= 0.3 is 0 Å². The first-order valence-electron chi connectivity index (χ1n) is 7.72. The van der Waals surface area contributed by atoms with E-state index in [1.54, 1.807) is 18.2 Å². The van der Waals surface area contributed by atoms with Gasteiger partial charge in [-0.15, -0.1) is 0 Å². The summed E-state index contributed by atoms with van der Waals surface area (Å²) in [5, 5.41) is 3.79. The summed E-state index contributed by atoms with van der Waals surface area (Å²) in [5.74, 6) is -0.0608. The molecule has 0 spiro atoms. The Morgan fingerprint density at radius 1 is 1.09 bits per heavy atom. The molecule has 0 fully saturated rings. The standard InChI is InChI=1S/C18H18Cl2N2O/c1-12(18(23)21-17-15(19)7-4-8-16(17)20)22-10-9-13-5-2-3-6-14(13)11-22/h2-8,12H,9-11H2,1H3,(H,21,23)/p+1/t12-/m0/s1. The summed E-state index contributed by atoms with van der Waals surface area (Å²) in [7, 11) is 0. The summed E-state index contributed by atoms with van der Waals surface area (Å²) >= 11 is 12.3. The van der Waals surface area contributed by atoms with Gasteiger partial charge in [0.25, 0.3) is 5.91 Å². The maximum absolute atomic E-state index is 12.6. The molecule has 2 atom stereocenters. The van der Waals surface area contributed by atoms with Crippen LogP contribution in [0, 0.1) is 0 Å². The molecule has 5 heteroatoms. The third-order valence-corrected chi connectivity index (χ3v) is 5.10. The van der Waals surface area contributed by atoms with Crippen molar-refractivity contribution in [3.63, 3.8) is 0 Å². The van der Waals surface area contributed by atoms with E-state index < -0.39 is 0 Å². The van der Waals surface area contributed by atoms with Crippen LogP contribution in [-0.4, -0.2) is 18.5 Å². The molecule has 0 bridgehead atoms. The van der Waals surface area contributed by atoms with Crippen LogP contribution in [-0.2, 0) is 17.8 Å². The first kappa shape index (κ1) is 16.3. The van der Waals surface area contributed by atoms with Gasteiger partial charge in [0.2, 0.25) is 0 Å². The molecule has 2 aromatic carbocycles. The van der Waals surface area contributed by atoms with E-state index in [1.165, 1.54) is 16.0 Å². The molecule has 23 heavy (non-hydrogen) atoms. The summed E-state index contributed by atoms with van der Waals surface area (Å²) in [6, 6.07) is 13.5. The molecule has 0 aromatic heterocycles. The lowest BCUT2D eigenvalue weighted by Gasteiger charge is -2.30. The highest BCUT2D eigenvalue weighted by molar-refractivity contribution is 6.39. The van der Waals surface area contributed by atoms with Gasteiger partial charge < -0.3 is 10.2 Å². The lowest BCUT2D eigenvalue weighted by atomic mass is 9.99. The highest BCUT2D eigenvalue weighted by Gasteiger charge is 2.29. The van der Waals surface area contributed by atoms with Crippen LogP contribution in [0.5, 0.6) is 0 Å². The van der Waals surface area contributed by atoms with Crippen molar-refractivity contribution in [2.45, 2.75) is 25.9 Å². The number of hydrogen-bond acceptors (Lipinski definition) is 1. The number of amides is 1. The van der Waals surface area contributed by atoms with E-state index in [1.807, 2.05) is 6.92 Å². The summed E-state index contributed by atoms with van der Waals surface area (Å²) in [6.45, 7) is 3.76. The fourth-order valence-corrected chi connectivity index (χ4v) is 3.50. The molecule has 1 amide bonds. The van der Waals surface area contributed by atoms with Crippen molar-refractivity contribution in [2.24, 2.45) is 0 Å². The molecule has 3 rings (SSSR count). The number of hydrogen-bond donors (Lipinski definition) is 2. The van der Waals surface area contributed by atoms with Gasteiger partial charge in [0.15, 0.2) is 6.04 Å². The molecule has 1 heterocycles. The number of anilines is 1. The molecular weight excluding hydrogens is 331 g/mol. The van der Waals surface area contributed by atoms with E-state index in [0.717, 1.165) is 19.5 Å². The Labute approximate surface area is 146 Å². The Kier molecular flexibility index (Phi) is 4.90. The Morgan fingerprint density at radius 2 is 1.74 bits per heavy atom. The highest BCUT2D eigenvalue weighted by atomic mass is 35.5. The van der Waals surface area contributed by atoms with Crippen LogP contribution < -0.4 is 10.2 Å². The van der Waals surface area contributed by atoms with Gasteiger partial charge in [0.1, 0.15) is 6.54 Å². The van der Waals surface area contributed by atoms with Crippen molar-refractivity contribution in [3.8, 4) is 0 Å². The minimum atomic E-state index is -0.171. The molecular formula is C18H19Cl2N2O+. The number of rotatable bonds is 3. The van der Waals surface area contributed by atoms with Crippen molar-refractivity contribution in [1.29, 1.82) is 0 Å². The molecule has 2 N–H and O–H groups in total. The van der Waals surface area contributed by atoms with Crippen molar-refractivity contribution in [1.82, 2.24) is 0 Å². The van der Waals surface area contributed by atoms with Gasteiger partial charge in [-0.3, -0.25) is 4.79 Å². The van der Waals surface area contributed by atoms with E-state index in [2.05, 4.69) is 29.6 Å².